The third kappa shape index (κ3) is 4.44. The van der Waals surface area contributed by atoms with Crippen molar-refractivity contribution < 1.29 is 22.7 Å². The summed E-state index contributed by atoms with van der Waals surface area (Å²) in [6, 6.07) is 10.9. The Hall–Kier alpha value is -1.90. The summed E-state index contributed by atoms with van der Waals surface area (Å²) >= 11 is 7.61. The molecule has 6 nitrogen and oxygen atoms in total. The number of benzene rings is 2. The van der Waals surface area contributed by atoms with Gasteiger partial charge in [-0.05, 0) is 48.7 Å². The summed E-state index contributed by atoms with van der Waals surface area (Å²) in [6.45, 7) is -0.480. The first-order valence-electron chi connectivity index (χ1n) is 7.40. The van der Waals surface area contributed by atoms with Crippen LogP contribution in [0.5, 0.6) is 5.75 Å². The first-order valence-corrected chi connectivity index (χ1v) is 10.4. The zero-order chi connectivity index (χ0) is 19.3. The SMILES string of the molecule is COC(=O)CN(c1ccc(OC)c(Cl)c1)S(=O)(=O)c1ccc(SC)cc1. The average Bonchev–Trinajstić information content (AvgIpc) is 2.65. The number of esters is 1. The molecule has 0 spiro atoms. The topological polar surface area (TPSA) is 72.9 Å². The van der Waals surface area contributed by atoms with E-state index in [2.05, 4.69) is 4.74 Å². The quantitative estimate of drug-likeness (QED) is 0.509. The summed E-state index contributed by atoms with van der Waals surface area (Å²) in [6.07, 6.45) is 1.90. The van der Waals surface area contributed by atoms with E-state index in [0.29, 0.717) is 5.75 Å². The molecule has 140 valence electrons. The Morgan fingerprint density at radius 1 is 1.15 bits per heavy atom. The highest BCUT2D eigenvalue weighted by atomic mass is 35.5. The molecule has 0 heterocycles. The molecule has 0 N–H and O–H groups in total. The van der Waals surface area contributed by atoms with Crippen LogP contribution in [0.4, 0.5) is 5.69 Å². The fraction of sp³-hybridized carbons (Fsp3) is 0.235. The van der Waals surface area contributed by atoms with Gasteiger partial charge in [-0.1, -0.05) is 11.6 Å². The summed E-state index contributed by atoms with van der Waals surface area (Å²) < 4.78 is 36.9. The molecule has 2 rings (SSSR count). The van der Waals surface area contributed by atoms with E-state index < -0.39 is 22.5 Å². The highest BCUT2D eigenvalue weighted by molar-refractivity contribution is 7.98. The van der Waals surface area contributed by atoms with Gasteiger partial charge < -0.3 is 9.47 Å². The van der Waals surface area contributed by atoms with Crippen LogP contribution in [-0.4, -0.2) is 41.4 Å². The van der Waals surface area contributed by atoms with Crippen molar-refractivity contribution in [2.45, 2.75) is 9.79 Å². The molecular formula is C17H18ClNO5S2. The van der Waals surface area contributed by atoms with Gasteiger partial charge in [0.15, 0.2) is 0 Å². The number of rotatable bonds is 7. The van der Waals surface area contributed by atoms with Crippen LogP contribution in [0.3, 0.4) is 0 Å². The molecule has 0 amide bonds. The number of nitrogens with zero attached hydrogens (tertiary/aromatic N) is 1. The number of sulfonamides is 1. The van der Waals surface area contributed by atoms with Gasteiger partial charge in [-0.25, -0.2) is 8.42 Å². The Kier molecular flexibility index (Phi) is 6.80. The molecule has 0 bridgehead atoms. The summed E-state index contributed by atoms with van der Waals surface area (Å²) in [4.78, 5) is 12.8. The van der Waals surface area contributed by atoms with Crippen molar-refractivity contribution in [1.29, 1.82) is 0 Å². The van der Waals surface area contributed by atoms with E-state index in [-0.39, 0.29) is 15.6 Å². The second kappa shape index (κ2) is 8.66. The molecule has 9 heteroatoms. The van der Waals surface area contributed by atoms with Gasteiger partial charge in [0, 0.05) is 4.90 Å². The first-order chi connectivity index (χ1) is 12.3. The summed E-state index contributed by atoms with van der Waals surface area (Å²) in [5.41, 5.74) is 0.232. The fourth-order valence-electron chi connectivity index (χ4n) is 2.18. The van der Waals surface area contributed by atoms with Crippen LogP contribution in [0.25, 0.3) is 0 Å². The van der Waals surface area contributed by atoms with E-state index in [1.54, 1.807) is 12.1 Å². The lowest BCUT2D eigenvalue weighted by Gasteiger charge is -2.24. The third-order valence-corrected chi connectivity index (χ3v) is 6.40. The van der Waals surface area contributed by atoms with Crippen molar-refractivity contribution in [1.82, 2.24) is 0 Å². The van der Waals surface area contributed by atoms with Crippen molar-refractivity contribution in [3.63, 3.8) is 0 Å². The lowest BCUT2D eigenvalue weighted by atomic mass is 10.3. The van der Waals surface area contributed by atoms with E-state index in [4.69, 9.17) is 16.3 Å². The normalized spacial score (nSPS) is 11.1. The van der Waals surface area contributed by atoms with Crippen LogP contribution in [0, 0.1) is 0 Å². The van der Waals surface area contributed by atoms with Crippen LogP contribution in [0.15, 0.2) is 52.3 Å². The Bertz CT molecular complexity index is 885. The van der Waals surface area contributed by atoms with E-state index in [1.807, 2.05) is 6.26 Å². The van der Waals surface area contributed by atoms with Crippen LogP contribution in [-0.2, 0) is 19.6 Å². The smallest absolute Gasteiger partial charge is 0.326 e. The molecule has 0 aromatic heterocycles. The second-order valence-corrected chi connectivity index (χ2v) is 8.23. The van der Waals surface area contributed by atoms with Crippen molar-refractivity contribution in [2.24, 2.45) is 0 Å². The molecule has 0 aliphatic carbocycles. The lowest BCUT2D eigenvalue weighted by Crippen LogP contribution is -2.36. The van der Waals surface area contributed by atoms with Crippen LogP contribution in [0.1, 0.15) is 0 Å². The molecule has 0 aliphatic heterocycles. The monoisotopic (exact) mass is 415 g/mol. The minimum absolute atomic E-state index is 0.0612. The molecule has 0 radical (unpaired) electrons. The number of carbonyl (C=O) groups is 1. The third-order valence-electron chi connectivity index (χ3n) is 3.57. The largest absolute Gasteiger partial charge is 0.495 e. The Balaban J connectivity index is 2.52. The molecule has 0 fully saturated rings. The maximum Gasteiger partial charge on any atom is 0.326 e. The van der Waals surface area contributed by atoms with Crippen molar-refractivity contribution in [3.8, 4) is 5.75 Å². The molecular weight excluding hydrogens is 398 g/mol. The predicted molar refractivity (Wildman–Crippen MR) is 103 cm³/mol. The van der Waals surface area contributed by atoms with Crippen molar-refractivity contribution in [2.75, 3.05) is 31.3 Å². The van der Waals surface area contributed by atoms with Crippen LogP contribution in [0.2, 0.25) is 5.02 Å². The first kappa shape index (κ1) is 20.4. The van der Waals surface area contributed by atoms with Gasteiger partial charge in [-0.15, -0.1) is 11.8 Å². The molecule has 0 unspecified atom stereocenters. The zero-order valence-electron chi connectivity index (χ0n) is 14.4. The molecule has 0 atom stereocenters. The van der Waals surface area contributed by atoms with Crippen molar-refractivity contribution in [3.05, 3.63) is 47.5 Å². The van der Waals surface area contributed by atoms with Gasteiger partial charge >= 0.3 is 5.97 Å². The number of carbonyl (C=O) groups excluding carboxylic acids is 1. The molecule has 26 heavy (non-hydrogen) atoms. The van der Waals surface area contributed by atoms with E-state index in [0.717, 1.165) is 9.20 Å². The maximum absolute atomic E-state index is 13.1. The van der Waals surface area contributed by atoms with Gasteiger partial charge in [0.05, 0.1) is 29.8 Å². The van der Waals surface area contributed by atoms with E-state index in [1.165, 1.54) is 56.3 Å². The van der Waals surface area contributed by atoms with E-state index in [9.17, 15) is 13.2 Å². The summed E-state index contributed by atoms with van der Waals surface area (Å²) in [7, 11) is -1.35. The maximum atomic E-state index is 13.1. The Labute approximate surface area is 162 Å². The van der Waals surface area contributed by atoms with Gasteiger partial charge in [0.2, 0.25) is 0 Å². The number of ether oxygens (including phenoxy) is 2. The Morgan fingerprint density at radius 2 is 1.81 bits per heavy atom. The molecule has 0 saturated heterocycles. The summed E-state index contributed by atoms with van der Waals surface area (Å²) in [5.74, 6) is -0.295. The minimum atomic E-state index is -4.00. The summed E-state index contributed by atoms with van der Waals surface area (Å²) in [5, 5.41) is 0.229. The van der Waals surface area contributed by atoms with Gasteiger partial charge in [0.25, 0.3) is 10.0 Å². The number of hydrogen-bond acceptors (Lipinski definition) is 6. The number of thioether (sulfide) groups is 1. The number of halogens is 1. The minimum Gasteiger partial charge on any atom is -0.495 e. The Morgan fingerprint density at radius 3 is 2.31 bits per heavy atom. The predicted octanol–water partition coefficient (Wildman–Crippen LogP) is 3.44. The highest BCUT2D eigenvalue weighted by Crippen LogP contribution is 2.32. The van der Waals surface area contributed by atoms with Gasteiger partial charge in [-0.3, -0.25) is 9.10 Å². The number of methoxy groups -OCH3 is 2. The second-order valence-electron chi connectivity index (χ2n) is 5.08. The van der Waals surface area contributed by atoms with Gasteiger partial charge in [-0.2, -0.15) is 0 Å². The van der Waals surface area contributed by atoms with Crippen molar-refractivity contribution >= 4 is 45.0 Å². The number of hydrogen-bond donors (Lipinski definition) is 0. The molecule has 0 aliphatic rings. The molecule has 0 saturated carbocycles. The zero-order valence-corrected chi connectivity index (χ0v) is 16.8. The number of anilines is 1. The van der Waals surface area contributed by atoms with E-state index >= 15 is 0 Å². The average molecular weight is 416 g/mol. The van der Waals surface area contributed by atoms with Crippen LogP contribution < -0.4 is 9.04 Å². The highest BCUT2D eigenvalue weighted by Gasteiger charge is 2.28. The lowest BCUT2D eigenvalue weighted by molar-refractivity contribution is -0.138. The van der Waals surface area contributed by atoms with Gasteiger partial charge in [0.1, 0.15) is 12.3 Å². The standard InChI is InChI=1S/C17H18ClNO5S2/c1-23-16-9-4-12(10-15(16)18)19(11-17(20)24-2)26(21,22)14-7-5-13(25-3)6-8-14/h4-10H,11H2,1-3H3. The fourth-order valence-corrected chi connectivity index (χ4v) is 4.24. The molecule has 2 aromatic rings. The molecule has 2 aromatic carbocycles. The van der Waals surface area contributed by atoms with Crippen LogP contribution >= 0.6 is 23.4 Å².